The lowest BCUT2D eigenvalue weighted by molar-refractivity contribution is 0.0938. The van der Waals surface area contributed by atoms with Gasteiger partial charge in [0.05, 0.1) is 11.8 Å². The summed E-state index contributed by atoms with van der Waals surface area (Å²) in [5.74, 6) is 0.592. The van der Waals surface area contributed by atoms with E-state index in [1.807, 2.05) is 6.92 Å². The van der Waals surface area contributed by atoms with Crippen molar-refractivity contribution in [3.8, 4) is 0 Å². The second-order valence-corrected chi connectivity index (χ2v) is 3.77. The molecule has 1 amide bonds. The number of hydrogen-bond acceptors (Lipinski definition) is 2. The van der Waals surface area contributed by atoms with Gasteiger partial charge in [0, 0.05) is 11.4 Å². The molecule has 1 aromatic rings. The third kappa shape index (κ3) is 2.61. The summed E-state index contributed by atoms with van der Waals surface area (Å²) in [6, 6.07) is 1.86. The lowest BCUT2D eigenvalue weighted by Gasteiger charge is -2.13. The second-order valence-electron chi connectivity index (χ2n) is 3.12. The molecular weight excluding hydrogens is 246 g/mol. The fourth-order valence-corrected chi connectivity index (χ4v) is 1.75. The molecule has 0 aliphatic rings. The monoisotopic (exact) mass is 259 g/mol. The van der Waals surface area contributed by atoms with Crippen LogP contribution in [0.1, 0.15) is 29.5 Å². The molecule has 1 aromatic heterocycles. The van der Waals surface area contributed by atoms with Crippen LogP contribution in [0.3, 0.4) is 0 Å². The molecule has 0 saturated carbocycles. The molecule has 1 unspecified atom stereocenters. The average molecular weight is 260 g/mol. The number of alkyl halides is 1. The highest BCUT2D eigenvalue weighted by molar-refractivity contribution is 9.09. The molecule has 0 aromatic carbocycles. The summed E-state index contributed by atoms with van der Waals surface area (Å²) in [6.07, 6.45) is 2.44. The van der Waals surface area contributed by atoms with Gasteiger partial charge in [0.1, 0.15) is 5.76 Å². The van der Waals surface area contributed by atoms with Gasteiger partial charge in [-0.2, -0.15) is 0 Å². The second kappa shape index (κ2) is 5.20. The topological polar surface area (TPSA) is 42.2 Å². The maximum absolute atomic E-state index is 11.7. The minimum absolute atomic E-state index is 0.0671. The average Bonchev–Trinajstić information content (AvgIpc) is 2.60. The Morgan fingerprint density at radius 2 is 2.43 bits per heavy atom. The molecule has 0 saturated heterocycles. The Hall–Kier alpha value is -0.770. The summed E-state index contributed by atoms with van der Waals surface area (Å²) in [6.45, 7) is 3.82. The Morgan fingerprint density at radius 3 is 2.86 bits per heavy atom. The summed E-state index contributed by atoms with van der Waals surface area (Å²) in [4.78, 5) is 11.7. The van der Waals surface area contributed by atoms with Gasteiger partial charge in [-0.1, -0.05) is 22.9 Å². The van der Waals surface area contributed by atoms with Crippen LogP contribution < -0.4 is 5.32 Å². The van der Waals surface area contributed by atoms with Gasteiger partial charge >= 0.3 is 0 Å². The number of halogens is 1. The molecule has 1 N–H and O–H groups in total. The first-order valence-corrected chi connectivity index (χ1v) is 5.72. The Labute approximate surface area is 92.0 Å². The van der Waals surface area contributed by atoms with Crippen LogP contribution in [0, 0.1) is 6.92 Å². The van der Waals surface area contributed by atoms with Crippen LogP contribution in [0.5, 0.6) is 0 Å². The highest BCUT2D eigenvalue weighted by Gasteiger charge is 2.14. The molecule has 1 heterocycles. The van der Waals surface area contributed by atoms with Gasteiger partial charge < -0.3 is 9.73 Å². The van der Waals surface area contributed by atoms with E-state index in [1.54, 1.807) is 13.0 Å². The van der Waals surface area contributed by atoms with Crippen molar-refractivity contribution in [2.45, 2.75) is 26.3 Å². The normalized spacial score (nSPS) is 12.5. The number of rotatable bonds is 4. The van der Waals surface area contributed by atoms with Crippen molar-refractivity contribution in [3.63, 3.8) is 0 Å². The molecule has 3 nitrogen and oxygen atoms in total. The quantitative estimate of drug-likeness (QED) is 0.845. The first-order chi connectivity index (χ1) is 6.69. The van der Waals surface area contributed by atoms with E-state index < -0.39 is 0 Å². The van der Waals surface area contributed by atoms with Gasteiger partial charge in [-0.15, -0.1) is 0 Å². The van der Waals surface area contributed by atoms with Crippen molar-refractivity contribution < 1.29 is 9.21 Å². The van der Waals surface area contributed by atoms with Gasteiger partial charge in [-0.3, -0.25) is 4.79 Å². The van der Waals surface area contributed by atoms with Crippen LogP contribution in [-0.2, 0) is 0 Å². The van der Waals surface area contributed by atoms with Gasteiger partial charge in [-0.05, 0) is 19.4 Å². The molecule has 0 radical (unpaired) electrons. The number of amides is 1. The van der Waals surface area contributed by atoms with E-state index in [0.717, 1.165) is 11.8 Å². The molecule has 0 spiro atoms. The van der Waals surface area contributed by atoms with Crippen LogP contribution in [0.15, 0.2) is 16.7 Å². The summed E-state index contributed by atoms with van der Waals surface area (Å²) < 4.78 is 5.06. The highest BCUT2D eigenvalue weighted by atomic mass is 79.9. The van der Waals surface area contributed by atoms with Gasteiger partial charge in [0.15, 0.2) is 0 Å². The van der Waals surface area contributed by atoms with E-state index in [-0.39, 0.29) is 11.9 Å². The van der Waals surface area contributed by atoms with E-state index in [4.69, 9.17) is 4.42 Å². The smallest absolute Gasteiger partial charge is 0.255 e. The predicted molar refractivity (Wildman–Crippen MR) is 58.8 cm³/mol. The van der Waals surface area contributed by atoms with Gasteiger partial charge in [0.2, 0.25) is 0 Å². The molecule has 0 aliphatic carbocycles. The van der Waals surface area contributed by atoms with Gasteiger partial charge in [-0.25, -0.2) is 0 Å². The van der Waals surface area contributed by atoms with Crippen molar-refractivity contribution in [2.75, 3.05) is 5.33 Å². The van der Waals surface area contributed by atoms with Crippen molar-refractivity contribution in [3.05, 3.63) is 23.7 Å². The molecule has 78 valence electrons. The summed E-state index contributed by atoms with van der Waals surface area (Å²) in [5, 5.41) is 3.68. The van der Waals surface area contributed by atoms with E-state index in [1.165, 1.54) is 6.26 Å². The van der Waals surface area contributed by atoms with Crippen molar-refractivity contribution >= 4 is 21.8 Å². The lowest BCUT2D eigenvalue weighted by Crippen LogP contribution is -2.35. The molecule has 1 rings (SSSR count). The fourth-order valence-electron chi connectivity index (χ4n) is 1.13. The number of aryl methyl sites for hydroxylation is 1. The molecule has 1 atom stereocenters. The van der Waals surface area contributed by atoms with E-state index in [2.05, 4.69) is 21.2 Å². The van der Waals surface area contributed by atoms with Crippen molar-refractivity contribution in [1.29, 1.82) is 0 Å². The van der Waals surface area contributed by atoms with Crippen LogP contribution in [0.25, 0.3) is 0 Å². The number of furan rings is 1. The van der Waals surface area contributed by atoms with Gasteiger partial charge in [0.25, 0.3) is 5.91 Å². The lowest BCUT2D eigenvalue weighted by atomic mass is 10.2. The third-order valence-electron chi connectivity index (χ3n) is 2.12. The van der Waals surface area contributed by atoms with Crippen molar-refractivity contribution in [2.24, 2.45) is 0 Å². The Kier molecular flexibility index (Phi) is 4.20. The molecule has 0 bridgehead atoms. The number of carbonyl (C=O) groups excluding carboxylic acids is 1. The zero-order valence-electron chi connectivity index (χ0n) is 8.34. The SMILES string of the molecule is CCC(CBr)NC(=O)c1ccoc1C. The Bertz CT molecular complexity index is 305. The molecule has 14 heavy (non-hydrogen) atoms. The Balaban J connectivity index is 2.63. The fraction of sp³-hybridized carbons (Fsp3) is 0.500. The number of carbonyl (C=O) groups is 1. The van der Waals surface area contributed by atoms with Crippen LogP contribution in [-0.4, -0.2) is 17.3 Å². The minimum Gasteiger partial charge on any atom is -0.469 e. The van der Waals surface area contributed by atoms with E-state index in [9.17, 15) is 4.79 Å². The number of nitrogens with one attached hydrogen (secondary N) is 1. The standard InChI is InChI=1S/C10H14BrNO2/c1-3-8(6-11)12-10(13)9-4-5-14-7(9)2/h4-5,8H,3,6H2,1-2H3,(H,12,13). The summed E-state index contributed by atoms with van der Waals surface area (Å²) in [5.41, 5.74) is 0.615. The largest absolute Gasteiger partial charge is 0.469 e. The first-order valence-electron chi connectivity index (χ1n) is 4.60. The Morgan fingerprint density at radius 1 is 1.71 bits per heavy atom. The number of hydrogen-bond donors (Lipinski definition) is 1. The summed E-state index contributed by atoms with van der Waals surface area (Å²) in [7, 11) is 0. The van der Waals surface area contributed by atoms with Crippen LogP contribution in [0.2, 0.25) is 0 Å². The molecule has 0 fully saturated rings. The molecule has 4 heteroatoms. The third-order valence-corrected chi connectivity index (χ3v) is 2.90. The van der Waals surface area contributed by atoms with Crippen LogP contribution in [0.4, 0.5) is 0 Å². The highest BCUT2D eigenvalue weighted by Crippen LogP contribution is 2.09. The first kappa shape index (κ1) is 11.3. The zero-order valence-corrected chi connectivity index (χ0v) is 9.93. The molecular formula is C10H14BrNO2. The van der Waals surface area contributed by atoms with Crippen LogP contribution >= 0.6 is 15.9 Å². The van der Waals surface area contributed by atoms with E-state index in [0.29, 0.717) is 11.3 Å². The predicted octanol–water partition coefficient (Wildman–Crippen LogP) is 2.49. The maximum atomic E-state index is 11.7. The minimum atomic E-state index is -0.0671. The molecule has 0 aliphatic heterocycles. The summed E-state index contributed by atoms with van der Waals surface area (Å²) >= 11 is 3.35. The maximum Gasteiger partial charge on any atom is 0.255 e. The van der Waals surface area contributed by atoms with Crippen molar-refractivity contribution in [1.82, 2.24) is 5.32 Å². The zero-order chi connectivity index (χ0) is 10.6. The van der Waals surface area contributed by atoms with E-state index >= 15 is 0 Å².